The second-order valence-corrected chi connectivity index (χ2v) is 5.51. The van der Waals surface area contributed by atoms with E-state index in [1.54, 1.807) is 0 Å². The number of halogens is 5. The molecule has 0 saturated carbocycles. The highest BCUT2D eigenvalue weighted by molar-refractivity contribution is 7.91. The predicted molar refractivity (Wildman–Crippen MR) is 58.0 cm³/mol. The number of aldehydes is 1. The molecule has 0 bridgehead atoms. The number of rotatable bonds is 9. The van der Waals surface area contributed by atoms with Crippen molar-refractivity contribution in [2.75, 3.05) is 11.5 Å². The van der Waals surface area contributed by atoms with Crippen molar-refractivity contribution >= 4 is 17.5 Å². The van der Waals surface area contributed by atoms with Gasteiger partial charge in [0.2, 0.25) is 0 Å². The molecule has 0 aromatic carbocycles. The molecule has 0 fully saturated rings. The number of carbonyl (C=O) groups is 1. The van der Waals surface area contributed by atoms with Gasteiger partial charge in [-0.15, -0.1) is 0 Å². The zero-order chi connectivity index (χ0) is 14.2. The van der Waals surface area contributed by atoms with Gasteiger partial charge in [0.15, 0.2) is 0 Å². The van der Waals surface area contributed by atoms with E-state index in [1.807, 2.05) is 0 Å². The molecule has 0 aliphatic rings. The molecule has 0 aliphatic carbocycles. The van der Waals surface area contributed by atoms with Crippen molar-refractivity contribution in [3.8, 4) is 0 Å². The van der Waals surface area contributed by atoms with Crippen LogP contribution in [0.4, 0.5) is 22.0 Å². The highest BCUT2D eigenvalue weighted by Gasteiger charge is 2.56. The van der Waals surface area contributed by atoms with E-state index >= 15 is 0 Å². The van der Waals surface area contributed by atoms with Crippen molar-refractivity contribution in [3.05, 3.63) is 0 Å². The normalized spacial score (nSPS) is 14.6. The Labute approximate surface area is 105 Å². The zero-order valence-corrected chi connectivity index (χ0v) is 10.5. The maximum absolute atomic E-state index is 12.5. The Bertz CT molecular complexity index is 245. The number of carbonyl (C=O) groups excluding carboxylic acids is 1. The van der Waals surface area contributed by atoms with Crippen molar-refractivity contribution in [1.29, 1.82) is 0 Å². The Balaban J connectivity index is 3.74. The van der Waals surface area contributed by atoms with E-state index in [2.05, 4.69) is 0 Å². The first-order chi connectivity index (χ1) is 8.20. The van der Waals surface area contributed by atoms with E-state index in [-0.39, 0.29) is 11.5 Å². The highest BCUT2D eigenvalue weighted by atomic mass is 32.2. The molecular formula is C10H15F5O2S. The van der Waals surface area contributed by atoms with Crippen molar-refractivity contribution in [2.45, 2.75) is 44.2 Å². The lowest BCUT2D eigenvalue weighted by Gasteiger charge is -2.19. The van der Waals surface area contributed by atoms with Gasteiger partial charge in [-0.2, -0.15) is 22.0 Å². The van der Waals surface area contributed by atoms with E-state index in [0.717, 1.165) is 0 Å². The molecule has 0 radical (unpaired) electrons. The maximum atomic E-state index is 12.5. The van der Waals surface area contributed by atoms with Crippen molar-refractivity contribution in [3.63, 3.8) is 0 Å². The molecule has 0 heterocycles. The van der Waals surface area contributed by atoms with Gasteiger partial charge in [0.25, 0.3) is 0 Å². The summed E-state index contributed by atoms with van der Waals surface area (Å²) >= 11 is -1.40. The third-order valence-corrected chi connectivity index (χ3v) is 3.71. The molecule has 0 saturated heterocycles. The third kappa shape index (κ3) is 7.15. The van der Waals surface area contributed by atoms with Crippen LogP contribution < -0.4 is 0 Å². The molecule has 0 rings (SSSR count). The van der Waals surface area contributed by atoms with E-state index in [1.165, 1.54) is 0 Å². The average Bonchev–Trinajstić information content (AvgIpc) is 2.22. The molecule has 1 unspecified atom stereocenters. The van der Waals surface area contributed by atoms with Gasteiger partial charge in [-0.25, -0.2) is 0 Å². The summed E-state index contributed by atoms with van der Waals surface area (Å²) in [6.45, 7) is 0. The van der Waals surface area contributed by atoms with Gasteiger partial charge in [0, 0.05) is 12.8 Å². The first kappa shape index (κ1) is 17.6. The molecule has 2 nitrogen and oxygen atoms in total. The summed E-state index contributed by atoms with van der Waals surface area (Å²) in [6.07, 6.45) is -5.22. The SMILES string of the molecule is O=CCCCC[S+]([O-])CCCC(F)(F)C(F)(F)F. The second kappa shape index (κ2) is 7.93. The lowest BCUT2D eigenvalue weighted by molar-refractivity contribution is -0.284. The minimum absolute atomic E-state index is 0.174. The van der Waals surface area contributed by atoms with Crippen LogP contribution in [0.5, 0.6) is 0 Å². The van der Waals surface area contributed by atoms with Crippen LogP contribution >= 0.6 is 0 Å². The summed E-state index contributed by atoms with van der Waals surface area (Å²) in [5.41, 5.74) is 0. The molecule has 0 aromatic rings. The first-order valence-electron chi connectivity index (χ1n) is 5.44. The molecule has 0 aliphatic heterocycles. The quantitative estimate of drug-likeness (QED) is 0.284. The van der Waals surface area contributed by atoms with E-state index < -0.39 is 36.1 Å². The predicted octanol–water partition coefficient (Wildman–Crippen LogP) is 3.08. The van der Waals surface area contributed by atoms with Gasteiger partial charge in [-0.1, -0.05) is 11.2 Å². The van der Waals surface area contributed by atoms with Crippen LogP contribution in [-0.4, -0.2) is 34.4 Å². The minimum Gasteiger partial charge on any atom is -0.616 e. The van der Waals surface area contributed by atoms with Crippen LogP contribution in [-0.2, 0) is 16.0 Å². The molecule has 18 heavy (non-hydrogen) atoms. The van der Waals surface area contributed by atoms with Crippen molar-refractivity contribution in [1.82, 2.24) is 0 Å². The molecular weight excluding hydrogens is 279 g/mol. The van der Waals surface area contributed by atoms with E-state index in [4.69, 9.17) is 0 Å². The van der Waals surface area contributed by atoms with Gasteiger partial charge in [0.05, 0.1) is 0 Å². The summed E-state index contributed by atoms with van der Waals surface area (Å²) in [6, 6.07) is 0. The lowest BCUT2D eigenvalue weighted by atomic mass is 10.2. The fourth-order valence-corrected chi connectivity index (χ4v) is 2.39. The van der Waals surface area contributed by atoms with Crippen LogP contribution in [0.15, 0.2) is 0 Å². The smallest absolute Gasteiger partial charge is 0.453 e. The monoisotopic (exact) mass is 294 g/mol. The number of hydrogen-bond donors (Lipinski definition) is 0. The van der Waals surface area contributed by atoms with Crippen LogP contribution in [0.2, 0.25) is 0 Å². The van der Waals surface area contributed by atoms with Crippen LogP contribution in [0.25, 0.3) is 0 Å². The third-order valence-electron chi connectivity index (χ3n) is 2.22. The Morgan fingerprint density at radius 2 is 1.56 bits per heavy atom. The molecule has 1 atom stereocenters. The molecule has 108 valence electrons. The van der Waals surface area contributed by atoms with Crippen molar-refractivity contribution < 1.29 is 31.3 Å². The summed E-state index contributed by atoms with van der Waals surface area (Å²) in [7, 11) is 0. The van der Waals surface area contributed by atoms with Gasteiger partial charge >= 0.3 is 12.1 Å². The largest absolute Gasteiger partial charge is 0.616 e. The Morgan fingerprint density at radius 1 is 1.00 bits per heavy atom. The summed E-state index contributed by atoms with van der Waals surface area (Å²) in [5, 5.41) is 0. The van der Waals surface area contributed by atoms with Crippen LogP contribution in [0.3, 0.4) is 0 Å². The zero-order valence-electron chi connectivity index (χ0n) is 9.64. The Hall–Kier alpha value is -0.370. The number of unbranched alkanes of at least 4 members (excludes halogenated alkanes) is 2. The topological polar surface area (TPSA) is 40.1 Å². The van der Waals surface area contributed by atoms with Crippen molar-refractivity contribution in [2.24, 2.45) is 0 Å². The minimum atomic E-state index is -5.54. The lowest BCUT2D eigenvalue weighted by Crippen LogP contribution is -2.36. The highest BCUT2D eigenvalue weighted by Crippen LogP contribution is 2.38. The number of alkyl halides is 5. The summed E-state index contributed by atoms with van der Waals surface area (Å²) < 4.78 is 71.5. The molecule has 0 N–H and O–H groups in total. The number of hydrogen-bond acceptors (Lipinski definition) is 2. The Kier molecular flexibility index (Phi) is 7.77. The van der Waals surface area contributed by atoms with E-state index in [9.17, 15) is 31.3 Å². The molecule has 0 amide bonds. The maximum Gasteiger partial charge on any atom is 0.453 e. The summed E-state index contributed by atoms with van der Waals surface area (Å²) in [5.74, 6) is -4.66. The molecule has 0 aromatic heterocycles. The summed E-state index contributed by atoms with van der Waals surface area (Å²) in [4.78, 5) is 9.96. The standard InChI is InChI=1S/C10H15F5O2S/c11-9(12,10(13,14)15)5-4-8-18(17)7-3-1-2-6-16/h6H,1-5,7-8H2. The van der Waals surface area contributed by atoms with Gasteiger partial charge in [0.1, 0.15) is 17.8 Å². The van der Waals surface area contributed by atoms with Gasteiger partial charge < -0.3 is 9.35 Å². The average molecular weight is 294 g/mol. The molecule has 8 heteroatoms. The van der Waals surface area contributed by atoms with Gasteiger partial charge in [-0.3, -0.25) is 0 Å². The van der Waals surface area contributed by atoms with Crippen LogP contribution in [0, 0.1) is 0 Å². The fraction of sp³-hybridized carbons (Fsp3) is 0.900. The fourth-order valence-electron chi connectivity index (χ4n) is 1.19. The molecule has 0 spiro atoms. The van der Waals surface area contributed by atoms with Crippen LogP contribution in [0.1, 0.15) is 32.1 Å². The first-order valence-corrected chi connectivity index (χ1v) is 6.92. The van der Waals surface area contributed by atoms with Gasteiger partial charge in [-0.05, 0) is 19.3 Å². The Morgan fingerprint density at radius 3 is 2.06 bits per heavy atom. The van der Waals surface area contributed by atoms with E-state index in [0.29, 0.717) is 25.5 Å². The second-order valence-electron chi connectivity index (χ2n) is 3.82.